The van der Waals surface area contributed by atoms with Crippen LogP contribution in [0.1, 0.15) is 29.2 Å². The molecule has 5 nitrogen and oxygen atoms in total. The molecule has 2 aromatic rings. The summed E-state index contributed by atoms with van der Waals surface area (Å²) in [6, 6.07) is 5.60. The van der Waals surface area contributed by atoms with Gasteiger partial charge in [-0.1, -0.05) is 6.07 Å². The molecule has 106 valence electrons. The summed E-state index contributed by atoms with van der Waals surface area (Å²) in [4.78, 5) is 16.4. The Morgan fingerprint density at radius 1 is 1.55 bits per heavy atom. The van der Waals surface area contributed by atoms with E-state index in [1.54, 1.807) is 6.07 Å². The van der Waals surface area contributed by atoms with Crippen LogP contribution in [0.4, 0.5) is 0 Å². The van der Waals surface area contributed by atoms with Gasteiger partial charge in [0.1, 0.15) is 11.5 Å². The standard InChI is InChI=1S/C15H19N3O2/c1-20-15(19)13-6-2-5-12-10-17-14(18(12)13)8-11-4-3-7-16-9-11/h2,5-6,10-11,16H,3-4,7-9H2,1H3. The van der Waals surface area contributed by atoms with Gasteiger partial charge in [-0.2, -0.15) is 0 Å². The van der Waals surface area contributed by atoms with Crippen LogP contribution in [0.2, 0.25) is 0 Å². The third-order valence-corrected chi connectivity index (χ3v) is 3.89. The van der Waals surface area contributed by atoms with Crippen molar-refractivity contribution in [2.45, 2.75) is 19.3 Å². The highest BCUT2D eigenvalue weighted by Gasteiger charge is 2.19. The number of piperidine rings is 1. The maximum atomic E-state index is 11.9. The second kappa shape index (κ2) is 5.63. The number of hydrogen-bond acceptors (Lipinski definition) is 4. The van der Waals surface area contributed by atoms with E-state index in [0.29, 0.717) is 11.6 Å². The van der Waals surface area contributed by atoms with Crippen LogP contribution in [0, 0.1) is 5.92 Å². The van der Waals surface area contributed by atoms with Crippen LogP contribution in [0.15, 0.2) is 24.4 Å². The molecule has 1 unspecified atom stereocenters. The highest BCUT2D eigenvalue weighted by molar-refractivity contribution is 5.88. The van der Waals surface area contributed by atoms with E-state index in [1.807, 2.05) is 22.7 Å². The Kier molecular flexibility index (Phi) is 3.69. The summed E-state index contributed by atoms with van der Waals surface area (Å²) >= 11 is 0. The lowest BCUT2D eigenvalue weighted by Gasteiger charge is -2.22. The number of pyridine rings is 1. The molecule has 0 aliphatic carbocycles. The van der Waals surface area contributed by atoms with Crippen molar-refractivity contribution in [1.29, 1.82) is 0 Å². The van der Waals surface area contributed by atoms with Crippen LogP contribution < -0.4 is 5.32 Å². The molecule has 1 saturated heterocycles. The van der Waals surface area contributed by atoms with Crippen molar-refractivity contribution in [3.63, 3.8) is 0 Å². The SMILES string of the molecule is COC(=O)c1cccc2cnc(CC3CCCNC3)n12. The monoisotopic (exact) mass is 273 g/mol. The molecular weight excluding hydrogens is 254 g/mol. The summed E-state index contributed by atoms with van der Waals surface area (Å²) in [5.74, 6) is 1.20. The first-order valence-electron chi connectivity index (χ1n) is 7.04. The number of ether oxygens (including phenoxy) is 1. The Labute approximate surface area is 118 Å². The van der Waals surface area contributed by atoms with Gasteiger partial charge in [0.25, 0.3) is 0 Å². The second-order valence-corrected chi connectivity index (χ2v) is 5.25. The van der Waals surface area contributed by atoms with Crippen molar-refractivity contribution in [2.24, 2.45) is 5.92 Å². The van der Waals surface area contributed by atoms with Crippen LogP contribution >= 0.6 is 0 Å². The summed E-state index contributed by atoms with van der Waals surface area (Å²) in [5, 5.41) is 3.42. The fraction of sp³-hybridized carbons (Fsp3) is 0.467. The lowest BCUT2D eigenvalue weighted by molar-refractivity contribution is 0.0592. The number of nitrogens with one attached hydrogen (secondary N) is 1. The van der Waals surface area contributed by atoms with Gasteiger partial charge in [-0.25, -0.2) is 9.78 Å². The summed E-state index contributed by atoms with van der Waals surface area (Å²) in [6.45, 7) is 2.13. The first kappa shape index (κ1) is 13.1. The Balaban J connectivity index is 1.96. The third kappa shape index (κ3) is 2.41. The van der Waals surface area contributed by atoms with Gasteiger partial charge < -0.3 is 10.1 Å². The van der Waals surface area contributed by atoms with E-state index in [-0.39, 0.29) is 5.97 Å². The minimum Gasteiger partial charge on any atom is -0.464 e. The molecular formula is C15H19N3O2. The smallest absolute Gasteiger partial charge is 0.355 e. The Bertz CT molecular complexity index is 615. The quantitative estimate of drug-likeness (QED) is 0.864. The van der Waals surface area contributed by atoms with Crippen molar-refractivity contribution in [3.8, 4) is 0 Å². The molecule has 0 bridgehead atoms. The van der Waals surface area contributed by atoms with Crippen LogP contribution in [-0.4, -0.2) is 35.6 Å². The fourth-order valence-electron chi connectivity index (χ4n) is 2.88. The van der Waals surface area contributed by atoms with E-state index in [0.717, 1.165) is 30.9 Å². The maximum absolute atomic E-state index is 11.9. The maximum Gasteiger partial charge on any atom is 0.355 e. The predicted octanol–water partition coefficient (Wildman–Crippen LogP) is 1.66. The number of carbonyl (C=O) groups excluding carboxylic acids is 1. The molecule has 5 heteroatoms. The summed E-state index contributed by atoms with van der Waals surface area (Å²) < 4.78 is 6.78. The highest BCUT2D eigenvalue weighted by Crippen LogP contribution is 2.19. The summed E-state index contributed by atoms with van der Waals surface area (Å²) in [6.07, 6.45) is 5.12. The zero-order valence-corrected chi connectivity index (χ0v) is 11.6. The van der Waals surface area contributed by atoms with E-state index >= 15 is 0 Å². The number of fused-ring (bicyclic) bond motifs is 1. The van der Waals surface area contributed by atoms with Crippen LogP contribution in [0.5, 0.6) is 0 Å². The van der Waals surface area contributed by atoms with E-state index in [4.69, 9.17) is 4.74 Å². The number of nitrogens with zero attached hydrogens (tertiary/aromatic N) is 2. The zero-order valence-electron chi connectivity index (χ0n) is 11.6. The number of rotatable bonds is 3. The Morgan fingerprint density at radius 2 is 2.45 bits per heavy atom. The number of aromatic nitrogens is 2. The van der Waals surface area contributed by atoms with E-state index in [1.165, 1.54) is 20.0 Å². The lowest BCUT2D eigenvalue weighted by atomic mass is 9.96. The van der Waals surface area contributed by atoms with Gasteiger partial charge in [0, 0.05) is 6.42 Å². The zero-order chi connectivity index (χ0) is 13.9. The molecule has 2 aromatic heterocycles. The fourth-order valence-corrected chi connectivity index (χ4v) is 2.88. The summed E-state index contributed by atoms with van der Waals surface area (Å²) in [5.41, 5.74) is 1.48. The summed E-state index contributed by atoms with van der Waals surface area (Å²) in [7, 11) is 1.41. The van der Waals surface area contributed by atoms with Gasteiger partial charge in [0.15, 0.2) is 0 Å². The van der Waals surface area contributed by atoms with Crippen LogP contribution in [0.3, 0.4) is 0 Å². The van der Waals surface area contributed by atoms with Crippen molar-refractivity contribution >= 4 is 11.5 Å². The molecule has 1 atom stereocenters. The average molecular weight is 273 g/mol. The first-order chi connectivity index (χ1) is 9.79. The van der Waals surface area contributed by atoms with Gasteiger partial charge in [0.2, 0.25) is 0 Å². The number of methoxy groups -OCH3 is 1. The minimum atomic E-state index is -0.323. The molecule has 0 amide bonds. The molecule has 0 radical (unpaired) electrons. The van der Waals surface area contributed by atoms with Crippen LogP contribution in [-0.2, 0) is 11.2 Å². The first-order valence-corrected chi connectivity index (χ1v) is 7.04. The minimum absolute atomic E-state index is 0.323. The molecule has 0 spiro atoms. The molecule has 20 heavy (non-hydrogen) atoms. The van der Waals surface area contributed by atoms with Gasteiger partial charge in [-0.15, -0.1) is 0 Å². The van der Waals surface area contributed by atoms with Crippen molar-refractivity contribution < 1.29 is 9.53 Å². The van der Waals surface area contributed by atoms with Gasteiger partial charge >= 0.3 is 5.97 Å². The van der Waals surface area contributed by atoms with Crippen LogP contribution in [0.25, 0.3) is 5.52 Å². The van der Waals surface area contributed by atoms with Gasteiger partial charge in [0.05, 0.1) is 18.8 Å². The van der Waals surface area contributed by atoms with E-state index in [2.05, 4.69) is 10.3 Å². The van der Waals surface area contributed by atoms with Crippen molar-refractivity contribution in [1.82, 2.24) is 14.7 Å². The number of imidazole rings is 1. The normalized spacial score (nSPS) is 19.1. The Hall–Kier alpha value is -1.88. The molecule has 3 heterocycles. The molecule has 1 aliphatic rings. The van der Waals surface area contributed by atoms with E-state index in [9.17, 15) is 4.79 Å². The van der Waals surface area contributed by atoms with Crippen molar-refractivity contribution in [3.05, 3.63) is 35.9 Å². The Morgan fingerprint density at radius 3 is 3.20 bits per heavy atom. The number of esters is 1. The average Bonchev–Trinajstić information content (AvgIpc) is 2.91. The molecule has 3 rings (SSSR count). The second-order valence-electron chi connectivity index (χ2n) is 5.25. The molecule has 1 aliphatic heterocycles. The molecule has 0 saturated carbocycles. The lowest BCUT2D eigenvalue weighted by Crippen LogP contribution is -2.31. The van der Waals surface area contributed by atoms with E-state index < -0.39 is 0 Å². The number of hydrogen-bond donors (Lipinski definition) is 1. The largest absolute Gasteiger partial charge is 0.464 e. The van der Waals surface area contributed by atoms with Crippen molar-refractivity contribution in [2.75, 3.05) is 20.2 Å². The highest BCUT2D eigenvalue weighted by atomic mass is 16.5. The van der Waals surface area contributed by atoms with Gasteiger partial charge in [-0.05, 0) is 44.0 Å². The number of carbonyl (C=O) groups is 1. The predicted molar refractivity (Wildman–Crippen MR) is 75.8 cm³/mol. The third-order valence-electron chi connectivity index (χ3n) is 3.89. The molecule has 1 N–H and O–H groups in total. The molecule has 1 fully saturated rings. The topological polar surface area (TPSA) is 55.6 Å². The van der Waals surface area contributed by atoms with Gasteiger partial charge in [-0.3, -0.25) is 4.40 Å². The molecule has 0 aromatic carbocycles.